The normalized spacial score (nSPS) is 10.4. The van der Waals surface area contributed by atoms with Gasteiger partial charge in [-0.05, 0) is 24.8 Å². The standard InChI is InChI=1S/C13H17N/c1-12(2)9-10-14(3)11-13-7-5-4-6-8-13/h4-10H,1,11H2,2-3H3/b10-9-. The third kappa shape index (κ3) is 3.94. The van der Waals surface area contributed by atoms with Crippen LogP contribution < -0.4 is 0 Å². The summed E-state index contributed by atoms with van der Waals surface area (Å²) in [4.78, 5) is 2.14. The van der Waals surface area contributed by atoms with Crippen LogP contribution in [-0.2, 0) is 6.54 Å². The van der Waals surface area contributed by atoms with E-state index in [4.69, 9.17) is 0 Å². The van der Waals surface area contributed by atoms with Gasteiger partial charge in [-0.25, -0.2) is 0 Å². The van der Waals surface area contributed by atoms with E-state index in [2.05, 4.69) is 49.0 Å². The van der Waals surface area contributed by atoms with Gasteiger partial charge in [0.2, 0.25) is 0 Å². The van der Waals surface area contributed by atoms with E-state index in [1.807, 2.05) is 19.1 Å². The summed E-state index contributed by atoms with van der Waals surface area (Å²) in [6.07, 6.45) is 4.07. The molecule has 1 aromatic carbocycles. The lowest BCUT2D eigenvalue weighted by Gasteiger charge is -2.13. The third-order valence-corrected chi connectivity index (χ3v) is 1.89. The average Bonchev–Trinajstić information content (AvgIpc) is 2.16. The van der Waals surface area contributed by atoms with Crippen LogP contribution in [0.4, 0.5) is 0 Å². The summed E-state index contributed by atoms with van der Waals surface area (Å²) < 4.78 is 0. The van der Waals surface area contributed by atoms with Crippen molar-refractivity contribution in [1.29, 1.82) is 0 Å². The van der Waals surface area contributed by atoms with Gasteiger partial charge in [-0.3, -0.25) is 0 Å². The Kier molecular flexibility index (Phi) is 3.99. The Morgan fingerprint density at radius 2 is 2.00 bits per heavy atom. The minimum absolute atomic E-state index is 0.935. The summed E-state index contributed by atoms with van der Waals surface area (Å²) in [6, 6.07) is 10.4. The van der Waals surface area contributed by atoms with E-state index < -0.39 is 0 Å². The van der Waals surface area contributed by atoms with Gasteiger partial charge in [-0.1, -0.05) is 42.5 Å². The van der Waals surface area contributed by atoms with E-state index in [0.29, 0.717) is 0 Å². The second-order valence-electron chi connectivity index (χ2n) is 3.56. The molecule has 1 rings (SSSR count). The maximum atomic E-state index is 3.82. The van der Waals surface area contributed by atoms with Crippen LogP contribution in [0.5, 0.6) is 0 Å². The van der Waals surface area contributed by atoms with Crippen LogP contribution in [0.2, 0.25) is 0 Å². The summed E-state index contributed by atoms with van der Waals surface area (Å²) in [7, 11) is 2.06. The fraction of sp³-hybridized carbons (Fsp3) is 0.231. The van der Waals surface area contributed by atoms with Crippen molar-refractivity contribution in [2.45, 2.75) is 13.5 Å². The Bertz CT molecular complexity index is 311. The molecular weight excluding hydrogens is 170 g/mol. The smallest absolute Gasteiger partial charge is 0.0420 e. The number of hydrogen-bond acceptors (Lipinski definition) is 1. The SMILES string of the molecule is C=C(C)/C=C\N(C)Cc1ccccc1. The number of benzene rings is 1. The van der Waals surface area contributed by atoms with Crippen LogP contribution in [0.25, 0.3) is 0 Å². The Hall–Kier alpha value is -1.50. The molecule has 0 fully saturated rings. The Morgan fingerprint density at radius 1 is 1.36 bits per heavy atom. The van der Waals surface area contributed by atoms with Gasteiger partial charge in [0.25, 0.3) is 0 Å². The molecule has 1 aromatic rings. The fourth-order valence-corrected chi connectivity index (χ4v) is 1.18. The van der Waals surface area contributed by atoms with Crippen molar-refractivity contribution in [1.82, 2.24) is 4.90 Å². The highest BCUT2D eigenvalue weighted by Gasteiger charge is 1.93. The number of rotatable bonds is 4. The monoisotopic (exact) mass is 187 g/mol. The van der Waals surface area contributed by atoms with Crippen LogP contribution in [0, 0.1) is 0 Å². The molecule has 0 spiro atoms. The van der Waals surface area contributed by atoms with Crippen molar-refractivity contribution < 1.29 is 0 Å². The van der Waals surface area contributed by atoms with Gasteiger partial charge in [0.15, 0.2) is 0 Å². The first-order chi connectivity index (χ1) is 6.68. The molecule has 0 saturated carbocycles. The summed E-state index contributed by atoms with van der Waals surface area (Å²) >= 11 is 0. The van der Waals surface area contributed by atoms with Crippen molar-refractivity contribution in [3.05, 3.63) is 60.3 Å². The number of allylic oxidation sites excluding steroid dienone is 2. The van der Waals surface area contributed by atoms with Gasteiger partial charge >= 0.3 is 0 Å². The second-order valence-corrected chi connectivity index (χ2v) is 3.56. The van der Waals surface area contributed by atoms with Gasteiger partial charge in [0, 0.05) is 13.6 Å². The van der Waals surface area contributed by atoms with Gasteiger partial charge < -0.3 is 4.90 Å². The maximum Gasteiger partial charge on any atom is 0.0420 e. The first kappa shape index (κ1) is 10.6. The average molecular weight is 187 g/mol. The zero-order valence-electron chi connectivity index (χ0n) is 8.90. The molecule has 0 N–H and O–H groups in total. The van der Waals surface area contributed by atoms with Crippen molar-refractivity contribution in [2.75, 3.05) is 7.05 Å². The fourth-order valence-electron chi connectivity index (χ4n) is 1.18. The highest BCUT2D eigenvalue weighted by atomic mass is 15.1. The van der Waals surface area contributed by atoms with Gasteiger partial charge in [-0.2, -0.15) is 0 Å². The number of hydrogen-bond donors (Lipinski definition) is 0. The van der Waals surface area contributed by atoms with Crippen LogP contribution in [-0.4, -0.2) is 11.9 Å². The zero-order valence-corrected chi connectivity index (χ0v) is 8.90. The molecule has 1 nitrogen and oxygen atoms in total. The minimum Gasteiger partial charge on any atom is -0.376 e. The predicted molar refractivity (Wildman–Crippen MR) is 61.9 cm³/mol. The molecule has 14 heavy (non-hydrogen) atoms. The molecule has 0 unspecified atom stereocenters. The topological polar surface area (TPSA) is 3.24 Å². The third-order valence-electron chi connectivity index (χ3n) is 1.89. The lowest BCUT2D eigenvalue weighted by molar-refractivity contribution is 0.450. The highest BCUT2D eigenvalue weighted by molar-refractivity contribution is 5.16. The molecule has 0 atom stereocenters. The second kappa shape index (κ2) is 5.28. The first-order valence-electron chi connectivity index (χ1n) is 4.76. The van der Waals surface area contributed by atoms with Crippen molar-refractivity contribution in [3.63, 3.8) is 0 Å². The Morgan fingerprint density at radius 3 is 2.57 bits per heavy atom. The lowest BCUT2D eigenvalue weighted by atomic mass is 10.2. The number of nitrogens with zero attached hydrogens (tertiary/aromatic N) is 1. The van der Waals surface area contributed by atoms with Crippen LogP contribution in [0.1, 0.15) is 12.5 Å². The minimum atomic E-state index is 0.935. The molecule has 0 saturated heterocycles. The molecule has 74 valence electrons. The molecular formula is C13H17N. The molecule has 0 aliphatic rings. The predicted octanol–water partition coefficient (Wildman–Crippen LogP) is 3.21. The Labute approximate surface area is 86.4 Å². The highest BCUT2D eigenvalue weighted by Crippen LogP contribution is 2.03. The maximum absolute atomic E-state index is 3.82. The molecule has 0 radical (unpaired) electrons. The van der Waals surface area contributed by atoms with Crippen molar-refractivity contribution in [2.24, 2.45) is 0 Å². The van der Waals surface area contributed by atoms with Gasteiger partial charge in [0.1, 0.15) is 0 Å². The summed E-state index contributed by atoms with van der Waals surface area (Å²) in [6.45, 7) is 6.75. The molecule has 0 amide bonds. The summed E-state index contributed by atoms with van der Waals surface area (Å²) in [5, 5.41) is 0. The molecule has 0 aliphatic carbocycles. The van der Waals surface area contributed by atoms with Crippen LogP contribution in [0.3, 0.4) is 0 Å². The van der Waals surface area contributed by atoms with E-state index in [-0.39, 0.29) is 0 Å². The van der Waals surface area contributed by atoms with Gasteiger partial charge in [-0.15, -0.1) is 0 Å². The molecule has 0 aromatic heterocycles. The largest absolute Gasteiger partial charge is 0.376 e. The summed E-state index contributed by atoms with van der Waals surface area (Å²) in [5.41, 5.74) is 2.39. The van der Waals surface area contributed by atoms with Crippen LogP contribution >= 0.6 is 0 Å². The quantitative estimate of drug-likeness (QED) is 0.654. The van der Waals surface area contributed by atoms with E-state index in [1.165, 1.54) is 5.56 Å². The molecule has 0 bridgehead atoms. The van der Waals surface area contributed by atoms with Crippen molar-refractivity contribution >= 4 is 0 Å². The van der Waals surface area contributed by atoms with E-state index in [0.717, 1.165) is 12.1 Å². The van der Waals surface area contributed by atoms with Gasteiger partial charge in [0.05, 0.1) is 0 Å². The molecule has 0 aliphatic heterocycles. The van der Waals surface area contributed by atoms with Crippen molar-refractivity contribution in [3.8, 4) is 0 Å². The van der Waals surface area contributed by atoms with E-state index >= 15 is 0 Å². The van der Waals surface area contributed by atoms with E-state index in [1.54, 1.807) is 0 Å². The molecule has 1 heteroatoms. The zero-order chi connectivity index (χ0) is 10.4. The molecule has 0 heterocycles. The first-order valence-corrected chi connectivity index (χ1v) is 4.76. The van der Waals surface area contributed by atoms with Crippen LogP contribution in [0.15, 0.2) is 54.8 Å². The Balaban J connectivity index is 2.49. The lowest BCUT2D eigenvalue weighted by Crippen LogP contribution is -2.09. The van der Waals surface area contributed by atoms with E-state index in [9.17, 15) is 0 Å². The summed E-state index contributed by atoms with van der Waals surface area (Å²) in [5.74, 6) is 0.